The molecule has 2 amide bonds. The van der Waals surface area contributed by atoms with Gasteiger partial charge in [-0.25, -0.2) is 4.79 Å². The lowest BCUT2D eigenvalue weighted by molar-refractivity contribution is -0.178. The zero-order valence-corrected chi connectivity index (χ0v) is 10.4. The number of fused-ring (bicyclic) bond motifs is 1. The first kappa shape index (κ1) is 12.3. The normalized spacial score (nSPS) is 14.7. The molecule has 1 heterocycles. The molecule has 0 unspecified atom stereocenters. The van der Waals surface area contributed by atoms with E-state index in [0.29, 0.717) is 5.06 Å². The molecule has 0 fully saturated rings. The van der Waals surface area contributed by atoms with Crippen LogP contribution in [0.2, 0.25) is 0 Å². The molecule has 0 saturated carbocycles. The van der Waals surface area contributed by atoms with Crippen molar-refractivity contribution < 1.29 is 19.2 Å². The molecule has 1 aliphatic rings. The van der Waals surface area contributed by atoms with Crippen molar-refractivity contribution in [2.45, 2.75) is 20.8 Å². The van der Waals surface area contributed by atoms with Crippen LogP contribution in [0.25, 0.3) is 0 Å². The Balaban J connectivity index is 2.27. The Morgan fingerprint density at radius 2 is 1.50 bits per heavy atom. The molecule has 5 heteroatoms. The topological polar surface area (TPSA) is 63.7 Å². The van der Waals surface area contributed by atoms with Gasteiger partial charge in [-0.3, -0.25) is 9.59 Å². The average Bonchev–Trinajstić information content (AvgIpc) is 2.54. The van der Waals surface area contributed by atoms with Gasteiger partial charge in [0.25, 0.3) is 11.8 Å². The summed E-state index contributed by atoms with van der Waals surface area (Å²) in [4.78, 5) is 40.4. The van der Waals surface area contributed by atoms with E-state index in [4.69, 9.17) is 4.84 Å². The zero-order valence-electron chi connectivity index (χ0n) is 10.4. The number of hydrogen-bond acceptors (Lipinski definition) is 4. The van der Waals surface area contributed by atoms with E-state index in [9.17, 15) is 14.4 Å². The molecular formula is C13H13NO4. The van der Waals surface area contributed by atoms with Crippen LogP contribution in [0.3, 0.4) is 0 Å². The molecule has 0 aromatic heterocycles. The van der Waals surface area contributed by atoms with Crippen molar-refractivity contribution in [3.05, 3.63) is 35.4 Å². The van der Waals surface area contributed by atoms with Crippen LogP contribution in [0.1, 0.15) is 41.5 Å². The Morgan fingerprint density at radius 3 is 1.89 bits per heavy atom. The second-order valence-electron chi connectivity index (χ2n) is 5.08. The number of hydrogen-bond donors (Lipinski definition) is 0. The molecule has 0 bridgehead atoms. The maximum absolute atomic E-state index is 11.9. The van der Waals surface area contributed by atoms with Gasteiger partial charge in [0.2, 0.25) is 0 Å². The SMILES string of the molecule is CC(C)(C)C(=O)ON1C(=O)c2ccccc2C1=O. The Labute approximate surface area is 104 Å². The summed E-state index contributed by atoms with van der Waals surface area (Å²) < 4.78 is 0. The average molecular weight is 247 g/mol. The molecule has 0 radical (unpaired) electrons. The van der Waals surface area contributed by atoms with Crippen molar-refractivity contribution in [1.82, 2.24) is 5.06 Å². The third kappa shape index (κ3) is 1.88. The Bertz CT molecular complexity index is 507. The number of carbonyl (C=O) groups excluding carboxylic acids is 3. The molecule has 94 valence electrons. The quantitative estimate of drug-likeness (QED) is 0.710. The number of nitrogens with zero attached hydrogens (tertiary/aromatic N) is 1. The van der Waals surface area contributed by atoms with Crippen molar-refractivity contribution in [3.8, 4) is 0 Å². The van der Waals surface area contributed by atoms with Gasteiger partial charge in [0.05, 0.1) is 16.5 Å². The lowest BCUT2D eigenvalue weighted by Gasteiger charge is -2.19. The van der Waals surface area contributed by atoms with E-state index in [-0.39, 0.29) is 11.1 Å². The molecule has 1 aliphatic heterocycles. The summed E-state index contributed by atoms with van der Waals surface area (Å²) in [5.74, 6) is -1.83. The molecule has 0 aliphatic carbocycles. The van der Waals surface area contributed by atoms with Crippen LogP contribution in [0.15, 0.2) is 24.3 Å². The molecule has 0 atom stereocenters. The maximum atomic E-state index is 11.9. The van der Waals surface area contributed by atoms with Crippen molar-refractivity contribution in [3.63, 3.8) is 0 Å². The fourth-order valence-electron chi connectivity index (χ4n) is 1.47. The Hall–Kier alpha value is -2.17. The van der Waals surface area contributed by atoms with Gasteiger partial charge < -0.3 is 4.84 Å². The monoisotopic (exact) mass is 247 g/mol. The summed E-state index contributed by atoms with van der Waals surface area (Å²) in [6, 6.07) is 6.36. The molecule has 18 heavy (non-hydrogen) atoms. The van der Waals surface area contributed by atoms with Gasteiger partial charge in [-0.05, 0) is 32.9 Å². The molecule has 1 aromatic carbocycles. The van der Waals surface area contributed by atoms with Crippen LogP contribution in [-0.4, -0.2) is 22.8 Å². The summed E-state index contributed by atoms with van der Waals surface area (Å²) in [6.45, 7) is 4.94. The van der Waals surface area contributed by atoms with Gasteiger partial charge in [0.15, 0.2) is 0 Å². The van der Waals surface area contributed by atoms with E-state index >= 15 is 0 Å². The molecular weight excluding hydrogens is 234 g/mol. The third-order valence-corrected chi connectivity index (χ3v) is 2.54. The number of hydroxylamine groups is 2. The predicted octanol–water partition coefficient (Wildman–Crippen LogP) is 1.79. The van der Waals surface area contributed by atoms with Gasteiger partial charge >= 0.3 is 5.97 Å². The van der Waals surface area contributed by atoms with Crippen LogP contribution < -0.4 is 0 Å². The number of benzene rings is 1. The van der Waals surface area contributed by atoms with Crippen LogP contribution >= 0.6 is 0 Å². The maximum Gasteiger partial charge on any atom is 0.338 e. The molecule has 0 spiro atoms. The van der Waals surface area contributed by atoms with Crippen molar-refractivity contribution in [2.75, 3.05) is 0 Å². The van der Waals surface area contributed by atoms with E-state index in [2.05, 4.69) is 0 Å². The fraction of sp³-hybridized carbons (Fsp3) is 0.308. The third-order valence-electron chi connectivity index (χ3n) is 2.54. The van der Waals surface area contributed by atoms with Gasteiger partial charge in [-0.1, -0.05) is 17.2 Å². The highest BCUT2D eigenvalue weighted by molar-refractivity contribution is 6.20. The summed E-state index contributed by atoms with van der Waals surface area (Å²) in [5, 5.41) is 0.526. The van der Waals surface area contributed by atoms with E-state index in [1.165, 1.54) is 12.1 Å². The first-order valence-electron chi connectivity index (χ1n) is 5.52. The number of rotatable bonds is 1. The van der Waals surface area contributed by atoms with Gasteiger partial charge in [0, 0.05) is 0 Å². The van der Waals surface area contributed by atoms with E-state index < -0.39 is 23.2 Å². The van der Waals surface area contributed by atoms with Crippen LogP contribution in [0.5, 0.6) is 0 Å². The summed E-state index contributed by atoms with van der Waals surface area (Å²) in [7, 11) is 0. The Kier molecular flexibility index (Phi) is 2.69. The summed E-state index contributed by atoms with van der Waals surface area (Å²) >= 11 is 0. The lowest BCUT2D eigenvalue weighted by atomic mass is 9.98. The smallest absolute Gasteiger partial charge is 0.329 e. The molecule has 5 nitrogen and oxygen atoms in total. The van der Waals surface area contributed by atoms with Gasteiger partial charge in [0.1, 0.15) is 0 Å². The molecule has 0 saturated heterocycles. The summed E-state index contributed by atoms with van der Waals surface area (Å²) in [5.41, 5.74) is -0.275. The largest absolute Gasteiger partial charge is 0.338 e. The molecule has 1 aromatic rings. The van der Waals surface area contributed by atoms with E-state index in [1.54, 1.807) is 32.9 Å². The minimum atomic E-state index is -0.782. The lowest BCUT2D eigenvalue weighted by Crippen LogP contribution is -2.37. The standard InChI is InChI=1S/C13H13NO4/c1-13(2,3)12(17)18-14-10(15)8-6-4-5-7-9(8)11(14)16/h4-7H,1-3H3. The van der Waals surface area contributed by atoms with Crippen LogP contribution in [0.4, 0.5) is 0 Å². The highest BCUT2D eigenvalue weighted by Crippen LogP contribution is 2.25. The number of carbonyl (C=O) groups is 3. The second-order valence-corrected chi connectivity index (χ2v) is 5.08. The zero-order chi connectivity index (χ0) is 13.5. The molecule has 0 N–H and O–H groups in total. The highest BCUT2D eigenvalue weighted by atomic mass is 16.7. The highest BCUT2D eigenvalue weighted by Gasteiger charge is 2.40. The Morgan fingerprint density at radius 1 is 1.06 bits per heavy atom. The number of amides is 2. The fourth-order valence-corrected chi connectivity index (χ4v) is 1.47. The van der Waals surface area contributed by atoms with Crippen LogP contribution in [-0.2, 0) is 9.63 Å². The van der Waals surface area contributed by atoms with E-state index in [1.807, 2.05) is 0 Å². The van der Waals surface area contributed by atoms with Gasteiger partial charge in [-0.15, -0.1) is 0 Å². The van der Waals surface area contributed by atoms with Gasteiger partial charge in [-0.2, -0.15) is 0 Å². The first-order chi connectivity index (χ1) is 8.32. The number of imide groups is 1. The van der Waals surface area contributed by atoms with Crippen LogP contribution in [0, 0.1) is 5.41 Å². The minimum absolute atomic E-state index is 0.254. The van der Waals surface area contributed by atoms with Crippen molar-refractivity contribution in [2.24, 2.45) is 5.41 Å². The van der Waals surface area contributed by atoms with Crippen molar-refractivity contribution in [1.29, 1.82) is 0 Å². The predicted molar refractivity (Wildman–Crippen MR) is 62.5 cm³/mol. The van der Waals surface area contributed by atoms with E-state index in [0.717, 1.165) is 0 Å². The minimum Gasteiger partial charge on any atom is -0.329 e. The second kappa shape index (κ2) is 3.94. The molecule has 2 rings (SSSR count). The summed E-state index contributed by atoms with van der Waals surface area (Å²) in [6.07, 6.45) is 0. The van der Waals surface area contributed by atoms with Crippen molar-refractivity contribution >= 4 is 17.8 Å². The first-order valence-corrected chi connectivity index (χ1v) is 5.52.